The molecule has 5 rings (SSSR count). The Kier molecular flexibility index (Phi) is 6.17. The summed E-state index contributed by atoms with van der Waals surface area (Å²) < 4.78 is 16.7. The fourth-order valence-corrected chi connectivity index (χ4v) is 4.37. The van der Waals surface area contributed by atoms with Crippen LogP contribution in [0, 0.1) is 6.92 Å². The molecule has 0 radical (unpaired) electrons. The monoisotopic (exact) mass is 498 g/mol. The van der Waals surface area contributed by atoms with Crippen LogP contribution >= 0.6 is 0 Å². The summed E-state index contributed by atoms with van der Waals surface area (Å²) in [6, 6.07) is 22.8. The second-order valence-corrected chi connectivity index (χ2v) is 9.27. The van der Waals surface area contributed by atoms with Crippen LogP contribution in [0.25, 0.3) is 22.5 Å². The van der Waals surface area contributed by atoms with Gasteiger partial charge in [0.15, 0.2) is 5.76 Å². The van der Waals surface area contributed by atoms with Crippen LogP contribution in [0.2, 0.25) is 0 Å². The molecule has 188 valence electrons. The number of carbonyl (C=O) groups excluding carboxylic acids is 1. The number of hydrogen-bond acceptors (Lipinski definition) is 6. The average molecular weight is 499 g/mol. The first-order chi connectivity index (χ1) is 17.7. The molecule has 8 nitrogen and oxygen atoms in total. The molecule has 37 heavy (non-hydrogen) atoms. The third-order valence-electron chi connectivity index (χ3n) is 6.50. The van der Waals surface area contributed by atoms with Crippen molar-refractivity contribution in [3.8, 4) is 28.2 Å². The van der Waals surface area contributed by atoms with Gasteiger partial charge in [0.1, 0.15) is 23.2 Å². The van der Waals surface area contributed by atoms with Crippen LogP contribution < -0.4 is 10.1 Å². The lowest BCUT2D eigenvalue weighted by Gasteiger charge is -2.17. The number of aromatic nitrogens is 1. The molecule has 1 unspecified atom stereocenters. The van der Waals surface area contributed by atoms with Crippen LogP contribution in [0.15, 0.2) is 77.3 Å². The molecule has 4 aromatic rings. The first kappa shape index (κ1) is 24.1. The molecule has 0 fully saturated rings. The Balaban J connectivity index is 1.32. The zero-order chi connectivity index (χ0) is 26.2. The minimum atomic E-state index is -1.25. The molecule has 0 saturated heterocycles. The highest BCUT2D eigenvalue weighted by Crippen LogP contribution is 2.38. The summed E-state index contributed by atoms with van der Waals surface area (Å²) in [5, 5.41) is 16.3. The van der Waals surface area contributed by atoms with Crippen molar-refractivity contribution in [2.24, 2.45) is 0 Å². The molecule has 0 spiro atoms. The predicted octanol–water partition coefficient (Wildman–Crippen LogP) is 6.40. The quantitative estimate of drug-likeness (QED) is 0.316. The van der Waals surface area contributed by atoms with Crippen molar-refractivity contribution in [1.82, 2.24) is 5.16 Å². The zero-order valence-corrected chi connectivity index (χ0v) is 20.6. The number of fused-ring (bicyclic) bond motifs is 1. The van der Waals surface area contributed by atoms with E-state index in [9.17, 15) is 14.7 Å². The van der Waals surface area contributed by atoms with Gasteiger partial charge in [-0.1, -0.05) is 65.8 Å². The van der Waals surface area contributed by atoms with E-state index < -0.39 is 23.8 Å². The smallest absolute Gasteiger partial charge is 0.412 e. The van der Waals surface area contributed by atoms with Crippen molar-refractivity contribution in [3.63, 3.8) is 0 Å². The van der Waals surface area contributed by atoms with Crippen LogP contribution in [0.4, 0.5) is 10.5 Å². The van der Waals surface area contributed by atoms with E-state index in [4.69, 9.17) is 14.0 Å². The molecule has 1 aliphatic heterocycles. The van der Waals surface area contributed by atoms with Gasteiger partial charge in [-0.2, -0.15) is 0 Å². The molecule has 0 saturated carbocycles. The van der Waals surface area contributed by atoms with E-state index >= 15 is 0 Å². The summed E-state index contributed by atoms with van der Waals surface area (Å²) in [7, 11) is 0. The zero-order valence-electron chi connectivity index (χ0n) is 20.6. The van der Waals surface area contributed by atoms with Crippen LogP contribution in [-0.4, -0.2) is 27.9 Å². The minimum absolute atomic E-state index is 0.301. The topological polar surface area (TPSA) is 111 Å². The predicted molar refractivity (Wildman–Crippen MR) is 137 cm³/mol. The van der Waals surface area contributed by atoms with Crippen molar-refractivity contribution < 1.29 is 28.7 Å². The first-order valence-electron chi connectivity index (χ1n) is 11.9. The summed E-state index contributed by atoms with van der Waals surface area (Å²) in [6.07, 6.45) is -0.723. The Morgan fingerprint density at radius 1 is 1.03 bits per heavy atom. The van der Waals surface area contributed by atoms with E-state index in [-0.39, 0.29) is 0 Å². The second-order valence-electron chi connectivity index (χ2n) is 9.27. The molecule has 8 heteroatoms. The number of nitrogens with zero attached hydrogens (tertiary/aromatic N) is 1. The van der Waals surface area contributed by atoms with E-state index in [1.165, 1.54) is 0 Å². The van der Waals surface area contributed by atoms with Crippen molar-refractivity contribution in [1.29, 1.82) is 0 Å². The number of aliphatic carboxylic acids is 1. The highest BCUT2D eigenvalue weighted by molar-refractivity contribution is 5.91. The standard InChI is InChI=1S/C29H26N2O6/c1-17-25(30-28(34)35-18(2)19-7-5-4-6-8-19)26(37-31-17)21-11-9-20(10-12-21)22-13-14-24-23(15-22)16-29(3,36-24)27(32)33/h4-15,18H,16H2,1-3H3,(H,30,34)(H,32,33)/t18-,29?/m1/s1. The third kappa shape index (κ3) is 4.78. The molecule has 3 aromatic carbocycles. The summed E-state index contributed by atoms with van der Waals surface area (Å²) in [5.41, 5.74) is 4.08. The van der Waals surface area contributed by atoms with Crippen molar-refractivity contribution in [2.45, 2.75) is 38.9 Å². The Hall–Kier alpha value is -4.59. The number of amides is 1. The maximum absolute atomic E-state index is 12.6. The third-order valence-corrected chi connectivity index (χ3v) is 6.50. The van der Waals surface area contributed by atoms with E-state index in [1.54, 1.807) is 19.9 Å². The number of anilines is 1. The molecular formula is C29H26N2O6. The Bertz CT molecular complexity index is 1460. The summed E-state index contributed by atoms with van der Waals surface area (Å²) >= 11 is 0. The summed E-state index contributed by atoms with van der Waals surface area (Å²) in [6.45, 7) is 5.13. The highest BCUT2D eigenvalue weighted by Gasteiger charge is 2.42. The molecule has 1 aromatic heterocycles. The van der Waals surface area contributed by atoms with Gasteiger partial charge < -0.3 is 19.1 Å². The molecule has 0 bridgehead atoms. The average Bonchev–Trinajstić information content (AvgIpc) is 3.43. The number of aryl methyl sites for hydroxylation is 1. The SMILES string of the molecule is Cc1noc(-c2ccc(-c3ccc4c(c3)CC(C)(C(=O)O)O4)cc2)c1NC(=O)O[C@H](C)c1ccccc1. The van der Waals surface area contributed by atoms with Crippen molar-refractivity contribution >= 4 is 17.7 Å². The van der Waals surface area contributed by atoms with Gasteiger partial charge in [0, 0.05) is 12.0 Å². The summed E-state index contributed by atoms with van der Waals surface area (Å²) in [4.78, 5) is 24.2. The lowest BCUT2D eigenvalue weighted by molar-refractivity contribution is -0.152. The van der Waals surface area contributed by atoms with E-state index in [0.29, 0.717) is 29.3 Å². The number of carboxylic acids is 1. The largest absolute Gasteiger partial charge is 0.478 e. The van der Waals surface area contributed by atoms with Crippen molar-refractivity contribution in [3.05, 3.63) is 89.6 Å². The molecular weight excluding hydrogens is 472 g/mol. The lowest BCUT2D eigenvalue weighted by Crippen LogP contribution is -2.39. The number of hydrogen-bond donors (Lipinski definition) is 2. The van der Waals surface area contributed by atoms with Crippen LogP contribution in [-0.2, 0) is 16.0 Å². The van der Waals surface area contributed by atoms with Gasteiger partial charge >= 0.3 is 12.1 Å². The number of benzene rings is 3. The van der Waals surface area contributed by atoms with Crippen molar-refractivity contribution in [2.75, 3.05) is 5.32 Å². The molecule has 1 aliphatic rings. The van der Waals surface area contributed by atoms with Gasteiger partial charge in [0.2, 0.25) is 5.60 Å². The van der Waals surface area contributed by atoms with Crippen LogP contribution in [0.5, 0.6) is 5.75 Å². The number of carbonyl (C=O) groups is 2. The molecule has 0 aliphatic carbocycles. The fraction of sp³-hybridized carbons (Fsp3) is 0.207. The maximum atomic E-state index is 12.6. The van der Waals surface area contributed by atoms with Crippen LogP contribution in [0.1, 0.15) is 36.8 Å². The van der Waals surface area contributed by atoms with Gasteiger partial charge in [-0.05, 0) is 55.2 Å². The molecule has 2 N–H and O–H groups in total. The molecule has 2 atom stereocenters. The Morgan fingerprint density at radius 3 is 2.41 bits per heavy atom. The Morgan fingerprint density at radius 2 is 1.70 bits per heavy atom. The van der Waals surface area contributed by atoms with Gasteiger partial charge in [0.25, 0.3) is 0 Å². The Labute approximate surface area is 213 Å². The van der Waals surface area contributed by atoms with Gasteiger partial charge in [0.05, 0.1) is 0 Å². The molecule has 1 amide bonds. The highest BCUT2D eigenvalue weighted by atomic mass is 16.6. The van der Waals surface area contributed by atoms with Gasteiger partial charge in [-0.25, -0.2) is 9.59 Å². The van der Waals surface area contributed by atoms with E-state index in [1.807, 2.05) is 73.7 Å². The minimum Gasteiger partial charge on any atom is -0.478 e. The number of nitrogens with one attached hydrogen (secondary N) is 1. The first-order valence-corrected chi connectivity index (χ1v) is 11.9. The maximum Gasteiger partial charge on any atom is 0.412 e. The normalized spacial score (nSPS) is 16.9. The number of ether oxygens (including phenoxy) is 2. The lowest BCUT2D eigenvalue weighted by atomic mass is 9.96. The fourth-order valence-electron chi connectivity index (χ4n) is 4.37. The number of rotatable bonds is 6. The molecule has 2 heterocycles. The van der Waals surface area contributed by atoms with E-state index in [0.717, 1.165) is 27.8 Å². The van der Waals surface area contributed by atoms with Gasteiger partial charge in [-0.3, -0.25) is 5.32 Å². The second kappa shape index (κ2) is 9.46. The van der Waals surface area contributed by atoms with Gasteiger partial charge in [-0.15, -0.1) is 0 Å². The summed E-state index contributed by atoms with van der Waals surface area (Å²) in [5.74, 6) is 0.0271. The number of carboxylic acid groups (broad SMARTS) is 1. The van der Waals surface area contributed by atoms with Crippen LogP contribution in [0.3, 0.4) is 0 Å². The van der Waals surface area contributed by atoms with E-state index in [2.05, 4.69) is 10.5 Å².